The minimum atomic E-state index is -0.517. The fourth-order valence-electron chi connectivity index (χ4n) is 9.24. The van der Waals surface area contributed by atoms with Crippen molar-refractivity contribution in [3.8, 4) is 23.0 Å². The number of aromatic nitrogens is 1. The van der Waals surface area contributed by atoms with Gasteiger partial charge in [-0.05, 0) is 121 Å². The van der Waals surface area contributed by atoms with Gasteiger partial charge in [0.25, 0.3) is 5.91 Å². The number of carbonyl (C=O) groups is 4. The molecule has 0 radical (unpaired) electrons. The van der Waals surface area contributed by atoms with E-state index in [1.165, 1.54) is 0 Å². The molecule has 1 heterocycles. The molecule has 1 amide bonds. The highest BCUT2D eigenvalue weighted by atomic mass is 16.6. The Hall–Kier alpha value is -6.89. The molecule has 4 aromatic carbocycles. The largest absolute Gasteiger partial charge is 0.483 e. The first-order chi connectivity index (χ1) is 36.2. The molecule has 0 aliphatic heterocycles. The Kier molecular flexibility index (Phi) is 19.3. The van der Waals surface area contributed by atoms with E-state index in [2.05, 4.69) is 142 Å². The quantitative estimate of drug-likeness (QED) is 0.0682. The summed E-state index contributed by atoms with van der Waals surface area (Å²) in [6.45, 7) is 30.6. The summed E-state index contributed by atoms with van der Waals surface area (Å²) in [6.07, 6.45) is 2.73. The fourth-order valence-corrected chi connectivity index (χ4v) is 9.24. The minimum absolute atomic E-state index is 0.182. The molecular weight excluding hydrogens is 973 g/mol. The summed E-state index contributed by atoms with van der Waals surface area (Å²) < 4.78 is 43.3. The Morgan fingerprint density at radius 3 is 0.935 bits per heavy atom. The summed E-state index contributed by atoms with van der Waals surface area (Å²) in [7, 11) is 0. The van der Waals surface area contributed by atoms with Crippen molar-refractivity contribution < 1.29 is 52.3 Å². The minimum Gasteiger partial charge on any atom is -0.483 e. The molecule has 13 nitrogen and oxygen atoms in total. The van der Waals surface area contributed by atoms with Crippen LogP contribution in [0.4, 0.5) is 0 Å². The maximum Gasteiger partial charge on any atom is 0.344 e. The van der Waals surface area contributed by atoms with Crippen LogP contribution in [-0.4, -0.2) is 75.0 Å². The number of carbonyl (C=O) groups excluding carboxylic acids is 4. The van der Waals surface area contributed by atoms with Gasteiger partial charge in [0.05, 0.1) is 32.1 Å². The van der Waals surface area contributed by atoms with Gasteiger partial charge in [-0.25, -0.2) is 14.4 Å². The second-order valence-corrected chi connectivity index (χ2v) is 23.9. The lowest BCUT2D eigenvalue weighted by Crippen LogP contribution is -2.29. The van der Waals surface area contributed by atoms with Crippen LogP contribution in [0.15, 0.2) is 72.9 Å². The molecule has 1 N–H and O–H groups in total. The zero-order valence-electron chi connectivity index (χ0n) is 48.4. The number of ether oxygens (including phenoxy) is 7. The zero-order chi connectivity index (χ0) is 56.5. The molecule has 0 unspecified atom stereocenters. The van der Waals surface area contributed by atoms with Crippen LogP contribution >= 0.6 is 0 Å². The molecule has 1 aliphatic rings. The highest BCUT2D eigenvalue weighted by molar-refractivity contribution is 5.78. The third-order valence-electron chi connectivity index (χ3n) is 13.4. The Morgan fingerprint density at radius 1 is 0.429 bits per heavy atom. The Morgan fingerprint density at radius 2 is 0.701 bits per heavy atom. The number of nitrogens with zero attached hydrogens (tertiary/aromatic N) is 1. The summed E-state index contributed by atoms with van der Waals surface area (Å²) in [5, 5.41) is 2.98. The molecule has 1 aliphatic carbocycles. The molecular formula is C64H82N2O11. The van der Waals surface area contributed by atoms with Crippen LogP contribution in [0, 0.1) is 0 Å². The number of pyridine rings is 1. The summed E-state index contributed by atoms with van der Waals surface area (Å²) in [6, 6.07) is 22.6. The first-order valence-electron chi connectivity index (χ1n) is 27.0. The van der Waals surface area contributed by atoms with Crippen molar-refractivity contribution in [1.29, 1.82) is 0 Å². The molecule has 0 saturated heterocycles. The summed E-state index contributed by atoms with van der Waals surface area (Å²) in [5.41, 5.74) is 9.59. The lowest BCUT2D eigenvalue weighted by molar-refractivity contribution is -0.146. The molecule has 6 rings (SSSR count). The van der Waals surface area contributed by atoms with Crippen molar-refractivity contribution >= 4 is 23.8 Å². The third-order valence-corrected chi connectivity index (χ3v) is 13.4. The summed E-state index contributed by atoms with van der Waals surface area (Å²) >= 11 is 0. The number of rotatable bonds is 17. The van der Waals surface area contributed by atoms with Crippen LogP contribution in [0.2, 0.25) is 0 Å². The van der Waals surface area contributed by atoms with E-state index in [-0.39, 0.29) is 106 Å². The Balaban J connectivity index is 1.76. The molecule has 0 fully saturated rings. The second kappa shape index (κ2) is 25.1. The van der Waals surface area contributed by atoms with Crippen LogP contribution < -0.4 is 24.3 Å². The first kappa shape index (κ1) is 59.4. The smallest absolute Gasteiger partial charge is 0.344 e. The van der Waals surface area contributed by atoms with Crippen molar-refractivity contribution in [2.24, 2.45) is 0 Å². The standard InChI is InChI=1S/C64H82N2O11/c1-16-71-54(68)37-75-58-42-23-40-27-48(61(4,5)6)28-41(57(40)74-36-53(67)66-35-52-21-19-20-22-65-52)24-43-30-50(63(10,11)12)32-45(59(43)76-38-55(69)72-17-2)26-47-34-51(64(13,14)15)33-46(60(47)77-39-56(70)73-18-3)25-44(58)31-49(29-42)62(7,8)9/h19-22,27-34H,16-18,23-26,35-39H2,1-15H3,(H,66,67). The molecule has 1 aromatic heterocycles. The van der Waals surface area contributed by atoms with Gasteiger partial charge in [0, 0.05) is 31.9 Å². The summed E-state index contributed by atoms with van der Waals surface area (Å²) in [5.74, 6) is 0.100. The normalized spacial score (nSPS) is 12.8. The van der Waals surface area contributed by atoms with Crippen LogP contribution in [0.25, 0.3) is 0 Å². The second-order valence-electron chi connectivity index (χ2n) is 23.9. The maximum atomic E-state index is 13.9. The molecule has 414 valence electrons. The monoisotopic (exact) mass is 1050 g/mol. The van der Waals surface area contributed by atoms with Gasteiger partial charge in [-0.3, -0.25) is 9.78 Å². The molecule has 5 aromatic rings. The average Bonchev–Trinajstić information content (AvgIpc) is 3.33. The van der Waals surface area contributed by atoms with E-state index < -0.39 is 17.9 Å². The number of amides is 1. The van der Waals surface area contributed by atoms with Crippen LogP contribution in [-0.2, 0) is 87.3 Å². The molecule has 0 spiro atoms. The zero-order valence-corrected chi connectivity index (χ0v) is 48.4. The Labute approximate surface area is 457 Å². The highest BCUT2D eigenvalue weighted by Gasteiger charge is 2.30. The number of nitrogens with one attached hydrogen (secondary N) is 1. The van der Waals surface area contributed by atoms with Crippen molar-refractivity contribution in [3.63, 3.8) is 0 Å². The average molecular weight is 1060 g/mol. The maximum absolute atomic E-state index is 13.9. The topological polar surface area (TPSA) is 158 Å². The first-order valence-corrected chi connectivity index (χ1v) is 27.0. The van der Waals surface area contributed by atoms with Gasteiger partial charge in [-0.15, -0.1) is 0 Å². The van der Waals surface area contributed by atoms with Crippen molar-refractivity contribution in [1.82, 2.24) is 10.3 Å². The third kappa shape index (κ3) is 16.1. The number of fused-ring (bicyclic) bond motifs is 8. The molecule has 13 heteroatoms. The summed E-state index contributed by atoms with van der Waals surface area (Å²) in [4.78, 5) is 58.1. The van der Waals surface area contributed by atoms with Crippen molar-refractivity contribution in [2.45, 2.75) is 158 Å². The van der Waals surface area contributed by atoms with E-state index in [9.17, 15) is 19.2 Å². The number of benzene rings is 4. The van der Waals surface area contributed by atoms with Crippen LogP contribution in [0.1, 0.15) is 176 Å². The van der Waals surface area contributed by atoms with Crippen LogP contribution in [0.5, 0.6) is 23.0 Å². The van der Waals surface area contributed by atoms with Crippen molar-refractivity contribution in [3.05, 3.63) is 145 Å². The van der Waals surface area contributed by atoms with E-state index in [1.807, 2.05) is 18.2 Å². The predicted octanol–water partition coefficient (Wildman–Crippen LogP) is 11.5. The number of esters is 3. The van der Waals surface area contributed by atoms with E-state index >= 15 is 0 Å². The van der Waals surface area contributed by atoms with Crippen molar-refractivity contribution in [2.75, 3.05) is 46.2 Å². The van der Waals surface area contributed by atoms with Gasteiger partial charge < -0.3 is 38.5 Å². The molecule has 8 bridgehead atoms. The lowest BCUT2D eigenvalue weighted by atomic mass is 9.79. The van der Waals surface area contributed by atoms with E-state index in [4.69, 9.17) is 33.2 Å². The van der Waals surface area contributed by atoms with Gasteiger partial charge >= 0.3 is 17.9 Å². The van der Waals surface area contributed by atoms with E-state index in [0.29, 0.717) is 28.7 Å². The Bertz CT molecular complexity index is 2780. The van der Waals surface area contributed by atoms with E-state index in [1.54, 1.807) is 27.0 Å². The van der Waals surface area contributed by atoms with Gasteiger partial charge in [0.1, 0.15) is 23.0 Å². The van der Waals surface area contributed by atoms with Gasteiger partial charge in [0.2, 0.25) is 0 Å². The fraction of sp³-hybridized carbons (Fsp3) is 0.484. The number of hydrogen-bond donors (Lipinski definition) is 1. The van der Waals surface area contributed by atoms with Crippen LogP contribution in [0.3, 0.4) is 0 Å². The SMILES string of the molecule is CCOC(=O)COc1c2cc(C(C)(C)C)cc1Cc1cc(C(C)(C)C)cc(c1OCC(=O)OCC)Cc1cc(C(C)(C)C)cc(c1OCC(=O)OCC)Cc1cc(C(C)(C)C)cc(c1OCC(=O)NCc1ccccn1)C2. The van der Waals surface area contributed by atoms with Gasteiger partial charge in [0.15, 0.2) is 26.4 Å². The lowest BCUT2D eigenvalue weighted by Gasteiger charge is -2.29. The van der Waals surface area contributed by atoms with Gasteiger partial charge in [-0.1, -0.05) is 138 Å². The van der Waals surface area contributed by atoms with Gasteiger partial charge in [-0.2, -0.15) is 0 Å². The molecule has 0 atom stereocenters. The molecule has 77 heavy (non-hydrogen) atoms. The van der Waals surface area contributed by atoms with E-state index in [0.717, 1.165) is 66.8 Å². The molecule has 0 saturated carbocycles. The number of hydrogen-bond acceptors (Lipinski definition) is 12. The highest BCUT2D eigenvalue weighted by Crippen LogP contribution is 2.44. The predicted molar refractivity (Wildman–Crippen MR) is 300 cm³/mol.